The number of benzene rings is 2. The van der Waals surface area contributed by atoms with Crippen LogP contribution in [0.25, 0.3) is 11.3 Å². The fourth-order valence-corrected chi connectivity index (χ4v) is 2.43. The number of nitrogens with one attached hydrogen (secondary N) is 2. The van der Waals surface area contributed by atoms with Crippen LogP contribution >= 0.6 is 11.6 Å². The summed E-state index contributed by atoms with van der Waals surface area (Å²) in [5, 5.41) is 9.18. The van der Waals surface area contributed by atoms with Crippen molar-refractivity contribution in [3.8, 4) is 11.3 Å². The Kier molecular flexibility index (Phi) is 4.99. The van der Waals surface area contributed by atoms with E-state index in [9.17, 15) is 14.0 Å². The molecule has 2 aromatic carbocycles. The number of anilines is 2. The summed E-state index contributed by atoms with van der Waals surface area (Å²) < 4.78 is 18.8. The number of aromatic nitrogens is 1. The number of hydrogen-bond acceptors (Lipinski definition) is 4. The standard InChI is InChI=1S/C18H13ClFN3O3/c1-10(24)21-15-8-13(5-6-14(15)20)22-18(25)16-9-17(26-23-16)11-3-2-4-12(19)7-11/h2-9H,1H3,(H,21,24)(H,22,25). The Balaban J connectivity index is 1.78. The van der Waals surface area contributed by atoms with Gasteiger partial charge in [0.2, 0.25) is 5.91 Å². The molecule has 0 saturated carbocycles. The fraction of sp³-hybridized carbons (Fsp3) is 0.0556. The van der Waals surface area contributed by atoms with Crippen LogP contribution in [0.4, 0.5) is 15.8 Å². The van der Waals surface area contributed by atoms with Gasteiger partial charge in [-0.15, -0.1) is 0 Å². The van der Waals surface area contributed by atoms with Crippen molar-refractivity contribution in [1.29, 1.82) is 0 Å². The van der Waals surface area contributed by atoms with E-state index < -0.39 is 17.6 Å². The topological polar surface area (TPSA) is 84.2 Å². The summed E-state index contributed by atoms with van der Waals surface area (Å²) in [6.45, 7) is 1.26. The Morgan fingerprint density at radius 3 is 2.65 bits per heavy atom. The molecular formula is C18H13ClFN3O3. The van der Waals surface area contributed by atoms with Crippen LogP contribution in [0.2, 0.25) is 5.02 Å². The Morgan fingerprint density at radius 2 is 1.92 bits per heavy atom. The molecule has 2 N–H and O–H groups in total. The molecule has 0 aliphatic rings. The second-order valence-corrected chi connectivity index (χ2v) is 5.85. The summed E-state index contributed by atoms with van der Waals surface area (Å²) in [5.41, 5.74) is 0.992. The van der Waals surface area contributed by atoms with E-state index in [1.54, 1.807) is 24.3 Å². The second kappa shape index (κ2) is 7.37. The van der Waals surface area contributed by atoms with Gasteiger partial charge in [0, 0.05) is 29.3 Å². The highest BCUT2D eigenvalue weighted by Gasteiger charge is 2.15. The number of halogens is 2. The zero-order chi connectivity index (χ0) is 18.7. The lowest BCUT2D eigenvalue weighted by atomic mass is 10.1. The molecule has 0 aliphatic carbocycles. The molecule has 3 aromatic rings. The molecule has 0 radical (unpaired) electrons. The van der Waals surface area contributed by atoms with E-state index in [0.29, 0.717) is 22.0 Å². The third-order valence-electron chi connectivity index (χ3n) is 3.39. The predicted octanol–water partition coefficient (Wildman–Crippen LogP) is 4.34. The van der Waals surface area contributed by atoms with Crippen LogP contribution in [0.3, 0.4) is 0 Å². The van der Waals surface area contributed by atoms with Crippen molar-refractivity contribution in [3.05, 3.63) is 65.1 Å². The van der Waals surface area contributed by atoms with E-state index in [1.165, 1.54) is 25.1 Å². The zero-order valence-corrected chi connectivity index (χ0v) is 14.3. The summed E-state index contributed by atoms with van der Waals surface area (Å²) >= 11 is 5.93. The molecule has 1 heterocycles. The van der Waals surface area contributed by atoms with E-state index in [1.807, 2.05) is 0 Å². The molecule has 2 amide bonds. The number of nitrogens with zero attached hydrogens (tertiary/aromatic N) is 1. The van der Waals surface area contributed by atoms with Gasteiger partial charge in [0.05, 0.1) is 5.69 Å². The largest absolute Gasteiger partial charge is 0.355 e. The maximum Gasteiger partial charge on any atom is 0.277 e. The first kappa shape index (κ1) is 17.6. The van der Waals surface area contributed by atoms with Gasteiger partial charge in [0.15, 0.2) is 11.5 Å². The van der Waals surface area contributed by atoms with E-state index in [2.05, 4.69) is 15.8 Å². The van der Waals surface area contributed by atoms with Crippen molar-refractivity contribution in [3.63, 3.8) is 0 Å². The molecule has 0 saturated heterocycles. The number of carbonyl (C=O) groups excluding carboxylic acids is 2. The van der Waals surface area contributed by atoms with Crippen molar-refractivity contribution in [2.24, 2.45) is 0 Å². The van der Waals surface area contributed by atoms with Crippen LogP contribution in [0.1, 0.15) is 17.4 Å². The maximum absolute atomic E-state index is 13.6. The number of rotatable bonds is 4. The van der Waals surface area contributed by atoms with Crippen molar-refractivity contribution in [2.45, 2.75) is 6.92 Å². The molecular weight excluding hydrogens is 361 g/mol. The van der Waals surface area contributed by atoms with E-state index >= 15 is 0 Å². The average Bonchev–Trinajstić information content (AvgIpc) is 3.08. The summed E-state index contributed by atoms with van der Waals surface area (Å²) in [5.74, 6) is -1.18. The first-order valence-electron chi connectivity index (χ1n) is 7.53. The third-order valence-corrected chi connectivity index (χ3v) is 3.62. The lowest BCUT2D eigenvalue weighted by Crippen LogP contribution is -2.13. The maximum atomic E-state index is 13.6. The first-order valence-corrected chi connectivity index (χ1v) is 7.91. The highest BCUT2D eigenvalue weighted by molar-refractivity contribution is 6.30. The van der Waals surface area contributed by atoms with Gasteiger partial charge in [-0.1, -0.05) is 28.9 Å². The molecule has 0 fully saturated rings. The van der Waals surface area contributed by atoms with Crippen LogP contribution in [-0.2, 0) is 4.79 Å². The van der Waals surface area contributed by atoms with Gasteiger partial charge in [0.25, 0.3) is 5.91 Å². The van der Waals surface area contributed by atoms with Gasteiger partial charge in [-0.3, -0.25) is 9.59 Å². The summed E-state index contributed by atoms with van der Waals surface area (Å²) in [6.07, 6.45) is 0. The van der Waals surface area contributed by atoms with Gasteiger partial charge in [0.1, 0.15) is 5.82 Å². The van der Waals surface area contributed by atoms with Crippen molar-refractivity contribution >= 4 is 34.8 Å². The zero-order valence-electron chi connectivity index (χ0n) is 13.5. The van der Waals surface area contributed by atoms with E-state index in [4.69, 9.17) is 16.1 Å². The summed E-state index contributed by atoms with van der Waals surface area (Å²) in [4.78, 5) is 23.4. The molecule has 0 spiro atoms. The first-order chi connectivity index (χ1) is 12.4. The van der Waals surface area contributed by atoms with Crippen LogP contribution in [-0.4, -0.2) is 17.0 Å². The molecule has 6 nitrogen and oxygen atoms in total. The molecule has 0 aliphatic heterocycles. The fourth-order valence-electron chi connectivity index (χ4n) is 2.24. The highest BCUT2D eigenvalue weighted by Crippen LogP contribution is 2.24. The molecule has 132 valence electrons. The lowest BCUT2D eigenvalue weighted by Gasteiger charge is -2.07. The Bertz CT molecular complexity index is 987. The van der Waals surface area contributed by atoms with Gasteiger partial charge in [-0.05, 0) is 30.3 Å². The van der Waals surface area contributed by atoms with Gasteiger partial charge >= 0.3 is 0 Å². The molecule has 8 heteroatoms. The highest BCUT2D eigenvalue weighted by atomic mass is 35.5. The number of carbonyl (C=O) groups is 2. The number of hydrogen-bond donors (Lipinski definition) is 2. The quantitative estimate of drug-likeness (QED) is 0.712. The second-order valence-electron chi connectivity index (χ2n) is 5.42. The molecule has 26 heavy (non-hydrogen) atoms. The monoisotopic (exact) mass is 373 g/mol. The van der Waals surface area contributed by atoms with Crippen molar-refractivity contribution in [2.75, 3.05) is 10.6 Å². The van der Waals surface area contributed by atoms with Crippen molar-refractivity contribution in [1.82, 2.24) is 5.16 Å². The molecule has 0 unspecified atom stereocenters. The van der Waals surface area contributed by atoms with Gasteiger partial charge < -0.3 is 15.2 Å². The van der Waals surface area contributed by atoms with Crippen molar-refractivity contribution < 1.29 is 18.5 Å². The Labute approximate surface area is 152 Å². The third kappa shape index (κ3) is 4.07. The van der Waals surface area contributed by atoms with Gasteiger partial charge in [-0.2, -0.15) is 0 Å². The minimum atomic E-state index is -0.608. The Hall–Kier alpha value is -3.19. The van der Waals surface area contributed by atoms with E-state index in [-0.39, 0.29) is 11.4 Å². The van der Waals surface area contributed by atoms with E-state index in [0.717, 1.165) is 6.07 Å². The summed E-state index contributed by atoms with van der Waals surface area (Å²) in [6, 6.07) is 12.2. The molecule has 3 rings (SSSR count). The Morgan fingerprint density at radius 1 is 1.12 bits per heavy atom. The number of amides is 2. The smallest absolute Gasteiger partial charge is 0.277 e. The average molecular weight is 374 g/mol. The molecule has 0 atom stereocenters. The molecule has 1 aromatic heterocycles. The molecule has 0 bridgehead atoms. The summed E-state index contributed by atoms with van der Waals surface area (Å²) in [7, 11) is 0. The lowest BCUT2D eigenvalue weighted by molar-refractivity contribution is -0.114. The SMILES string of the molecule is CC(=O)Nc1cc(NC(=O)c2cc(-c3cccc(Cl)c3)on2)ccc1F. The normalized spacial score (nSPS) is 10.4. The predicted molar refractivity (Wildman–Crippen MR) is 95.6 cm³/mol. The van der Waals surface area contributed by atoms with Gasteiger partial charge in [-0.25, -0.2) is 4.39 Å². The van der Waals surface area contributed by atoms with Crippen LogP contribution in [0.5, 0.6) is 0 Å². The van der Waals surface area contributed by atoms with Crippen LogP contribution in [0.15, 0.2) is 53.1 Å². The van der Waals surface area contributed by atoms with Crippen LogP contribution in [0, 0.1) is 5.82 Å². The minimum absolute atomic E-state index is 0.0323. The minimum Gasteiger partial charge on any atom is -0.355 e. The van der Waals surface area contributed by atoms with Crippen LogP contribution < -0.4 is 10.6 Å².